The Morgan fingerprint density at radius 3 is 1.00 bits per heavy atom. The molecule has 76 valence electrons. The van der Waals surface area contributed by atoms with Crippen LogP contribution in [0.2, 0.25) is 0 Å². The van der Waals surface area contributed by atoms with Gasteiger partial charge >= 0.3 is 0 Å². The highest BCUT2D eigenvalue weighted by Gasteiger charge is 2.12. The van der Waals surface area contributed by atoms with Gasteiger partial charge in [0.25, 0.3) is 0 Å². The summed E-state index contributed by atoms with van der Waals surface area (Å²) in [5.41, 5.74) is -0.917. The summed E-state index contributed by atoms with van der Waals surface area (Å²) in [5, 5.41) is 17.7. The summed E-state index contributed by atoms with van der Waals surface area (Å²) in [6.07, 6.45) is 1.70. The molecule has 0 unspecified atom stereocenters. The molecule has 0 amide bonds. The Kier molecular flexibility index (Phi) is 6.68. The van der Waals surface area contributed by atoms with Gasteiger partial charge in [0, 0.05) is 0 Å². The second-order valence-corrected chi connectivity index (χ2v) is 4.37. The second kappa shape index (κ2) is 5.55. The first-order chi connectivity index (χ1) is 5.12. The van der Waals surface area contributed by atoms with E-state index in [1.54, 1.807) is 20.8 Å². The molecule has 2 nitrogen and oxygen atoms in total. The molecule has 0 aromatic carbocycles. The number of rotatable bonds is 2. The molecule has 12 heavy (non-hydrogen) atoms. The predicted octanol–water partition coefficient (Wildman–Crippen LogP) is 2.33. The van der Waals surface area contributed by atoms with Gasteiger partial charge in [-0.15, -0.1) is 0 Å². The maximum absolute atomic E-state index is 9.13. The molecule has 0 spiro atoms. The van der Waals surface area contributed by atoms with E-state index in [2.05, 4.69) is 0 Å². The zero-order valence-electron chi connectivity index (χ0n) is 9.31. The normalized spacial score (nSPS) is 12.0. The fourth-order valence-corrected chi connectivity index (χ4v) is 0.250. The van der Waals surface area contributed by atoms with Crippen molar-refractivity contribution in [1.82, 2.24) is 0 Å². The van der Waals surface area contributed by atoms with Gasteiger partial charge in [0.2, 0.25) is 0 Å². The third-order valence-electron chi connectivity index (χ3n) is 1.52. The van der Waals surface area contributed by atoms with Gasteiger partial charge in [0.1, 0.15) is 0 Å². The quantitative estimate of drug-likeness (QED) is 0.678. The van der Waals surface area contributed by atoms with Crippen LogP contribution in [-0.2, 0) is 0 Å². The summed E-state index contributed by atoms with van der Waals surface area (Å²) in [7, 11) is 0. The predicted molar refractivity (Wildman–Crippen MR) is 53.2 cm³/mol. The molecule has 2 heteroatoms. The van der Waals surface area contributed by atoms with Crippen LogP contribution in [0.5, 0.6) is 0 Å². The van der Waals surface area contributed by atoms with Gasteiger partial charge in [-0.1, -0.05) is 13.8 Å². The highest BCUT2D eigenvalue weighted by atomic mass is 16.3. The van der Waals surface area contributed by atoms with Crippen LogP contribution in [0.3, 0.4) is 0 Å². The fraction of sp³-hybridized carbons (Fsp3) is 1.00. The topological polar surface area (TPSA) is 40.5 Å². The molecule has 0 saturated heterocycles. The van der Waals surface area contributed by atoms with E-state index in [4.69, 9.17) is 10.2 Å². The van der Waals surface area contributed by atoms with Crippen molar-refractivity contribution in [3.63, 3.8) is 0 Å². The zero-order valence-corrected chi connectivity index (χ0v) is 9.31. The van der Waals surface area contributed by atoms with Gasteiger partial charge in [0.15, 0.2) is 0 Å². The third-order valence-corrected chi connectivity index (χ3v) is 1.52. The third kappa shape index (κ3) is 22.5. The van der Waals surface area contributed by atoms with Crippen LogP contribution >= 0.6 is 0 Å². The Balaban J connectivity index is 0. The maximum Gasteiger partial charge on any atom is 0.0614 e. The molecular weight excluding hydrogens is 152 g/mol. The van der Waals surface area contributed by atoms with E-state index >= 15 is 0 Å². The van der Waals surface area contributed by atoms with E-state index in [-0.39, 0.29) is 0 Å². The molecule has 2 N–H and O–H groups in total. The molecule has 0 aliphatic rings. The minimum absolute atomic E-state index is 0.417. The van der Waals surface area contributed by atoms with Crippen LogP contribution in [0.25, 0.3) is 0 Å². The van der Waals surface area contributed by atoms with Crippen LogP contribution in [0.15, 0.2) is 0 Å². The summed E-state index contributed by atoms with van der Waals surface area (Å²) < 4.78 is 0. The summed E-state index contributed by atoms with van der Waals surface area (Å²) in [4.78, 5) is 0. The molecule has 0 heterocycles. The summed E-state index contributed by atoms with van der Waals surface area (Å²) in [6.45, 7) is 11.1. The highest BCUT2D eigenvalue weighted by Crippen LogP contribution is 2.11. The molecule has 0 atom stereocenters. The fourth-order valence-electron chi connectivity index (χ4n) is 0.250. The Labute approximate surface area is 76.6 Å². The lowest BCUT2D eigenvalue weighted by molar-refractivity contribution is 0.0521. The summed E-state index contributed by atoms with van der Waals surface area (Å²) in [6, 6.07) is 0. The van der Waals surface area contributed by atoms with Crippen molar-refractivity contribution in [2.45, 2.75) is 65.6 Å². The Hall–Kier alpha value is -0.0800. The van der Waals surface area contributed by atoms with Gasteiger partial charge in [-0.3, -0.25) is 0 Å². The van der Waals surface area contributed by atoms with Gasteiger partial charge in [0.05, 0.1) is 11.2 Å². The van der Waals surface area contributed by atoms with Crippen LogP contribution in [0.4, 0.5) is 0 Å². The monoisotopic (exact) mass is 176 g/mol. The lowest BCUT2D eigenvalue weighted by atomic mass is 10.0. The van der Waals surface area contributed by atoms with E-state index in [1.165, 1.54) is 0 Å². The molecule has 0 rings (SSSR count). The molecule has 0 bridgehead atoms. The Morgan fingerprint density at radius 1 is 0.833 bits per heavy atom. The zero-order chi connectivity index (χ0) is 10.4. The van der Waals surface area contributed by atoms with Crippen molar-refractivity contribution in [1.29, 1.82) is 0 Å². The average molecular weight is 176 g/mol. The SMILES string of the molecule is CC(C)(C)O.CCC(C)(O)CC. The molecule has 0 aromatic heterocycles. The molecule has 0 aromatic rings. The van der Waals surface area contributed by atoms with Crippen LogP contribution < -0.4 is 0 Å². The first-order valence-electron chi connectivity index (χ1n) is 4.57. The molecule has 0 aliphatic heterocycles. The largest absolute Gasteiger partial charge is 0.391 e. The second-order valence-electron chi connectivity index (χ2n) is 4.37. The average Bonchev–Trinajstić information content (AvgIpc) is 1.85. The first-order valence-corrected chi connectivity index (χ1v) is 4.57. The molecular formula is C10H24O2. The minimum Gasteiger partial charge on any atom is -0.391 e. The summed E-state index contributed by atoms with van der Waals surface area (Å²) >= 11 is 0. The maximum atomic E-state index is 9.13. The molecule has 0 aliphatic carbocycles. The Bertz CT molecular complexity index is 88.9. The van der Waals surface area contributed by atoms with E-state index < -0.39 is 11.2 Å². The van der Waals surface area contributed by atoms with Gasteiger partial charge in [-0.05, 0) is 40.5 Å². The van der Waals surface area contributed by atoms with Crippen molar-refractivity contribution in [3.8, 4) is 0 Å². The Morgan fingerprint density at radius 2 is 1.00 bits per heavy atom. The smallest absolute Gasteiger partial charge is 0.0614 e. The summed E-state index contributed by atoms with van der Waals surface area (Å²) in [5.74, 6) is 0. The van der Waals surface area contributed by atoms with E-state index in [1.807, 2.05) is 20.8 Å². The van der Waals surface area contributed by atoms with Gasteiger partial charge in [-0.2, -0.15) is 0 Å². The minimum atomic E-state index is -0.500. The lowest BCUT2D eigenvalue weighted by Gasteiger charge is -2.17. The van der Waals surface area contributed by atoms with Crippen molar-refractivity contribution < 1.29 is 10.2 Å². The molecule has 0 radical (unpaired) electrons. The van der Waals surface area contributed by atoms with Crippen LogP contribution in [0.1, 0.15) is 54.4 Å². The highest BCUT2D eigenvalue weighted by molar-refractivity contribution is 4.65. The number of hydrogen-bond acceptors (Lipinski definition) is 2. The van der Waals surface area contributed by atoms with Crippen molar-refractivity contribution in [2.24, 2.45) is 0 Å². The van der Waals surface area contributed by atoms with E-state index in [0.29, 0.717) is 0 Å². The van der Waals surface area contributed by atoms with Gasteiger partial charge in [-0.25, -0.2) is 0 Å². The van der Waals surface area contributed by atoms with Crippen molar-refractivity contribution >= 4 is 0 Å². The first kappa shape index (κ1) is 14.4. The van der Waals surface area contributed by atoms with E-state index in [0.717, 1.165) is 12.8 Å². The van der Waals surface area contributed by atoms with Gasteiger partial charge < -0.3 is 10.2 Å². The van der Waals surface area contributed by atoms with Crippen molar-refractivity contribution in [2.75, 3.05) is 0 Å². The molecule has 0 saturated carbocycles. The van der Waals surface area contributed by atoms with Crippen LogP contribution in [0, 0.1) is 0 Å². The lowest BCUT2D eigenvalue weighted by Crippen LogP contribution is -2.20. The van der Waals surface area contributed by atoms with Crippen LogP contribution in [-0.4, -0.2) is 21.4 Å². The number of aliphatic hydroxyl groups is 2. The standard InChI is InChI=1S/C6H14O.C4H10O/c1-4-6(3,7)5-2;1-4(2,3)5/h7H,4-5H2,1-3H3;5H,1-3H3. The molecule has 0 fully saturated rings. The van der Waals surface area contributed by atoms with Crippen molar-refractivity contribution in [3.05, 3.63) is 0 Å². The van der Waals surface area contributed by atoms with E-state index in [9.17, 15) is 0 Å². The number of hydrogen-bond donors (Lipinski definition) is 2.